The van der Waals surface area contributed by atoms with Gasteiger partial charge in [0.2, 0.25) is 0 Å². The fourth-order valence-corrected chi connectivity index (χ4v) is 0.985. The normalized spacial score (nSPS) is 12.6. The van der Waals surface area contributed by atoms with Crippen molar-refractivity contribution in [2.45, 2.75) is 20.0 Å². The Kier molecular flexibility index (Phi) is 2.55. The zero-order valence-corrected chi connectivity index (χ0v) is 7.11. The number of nitroso groups, excluding NO2 is 1. The molecule has 1 aromatic carbocycles. The first-order chi connectivity index (χ1) is 5.65. The highest BCUT2D eigenvalue weighted by atomic mass is 16.3. The van der Waals surface area contributed by atoms with Gasteiger partial charge >= 0.3 is 0 Å². The molecule has 0 heterocycles. The summed E-state index contributed by atoms with van der Waals surface area (Å²) in [5.41, 5.74) is 1.94. The molecule has 12 heavy (non-hydrogen) atoms. The molecule has 3 heteroatoms. The first-order valence-electron chi connectivity index (χ1n) is 3.77. The quantitative estimate of drug-likeness (QED) is 0.684. The first-order valence-corrected chi connectivity index (χ1v) is 3.77. The van der Waals surface area contributed by atoms with Gasteiger partial charge in [-0.1, -0.05) is 12.1 Å². The Morgan fingerprint density at radius 1 is 1.50 bits per heavy atom. The third-order valence-electron chi connectivity index (χ3n) is 1.81. The lowest BCUT2D eigenvalue weighted by Crippen LogP contribution is -1.90. The van der Waals surface area contributed by atoms with E-state index in [0.29, 0.717) is 5.69 Å². The van der Waals surface area contributed by atoms with Crippen LogP contribution in [0.4, 0.5) is 5.69 Å². The third kappa shape index (κ3) is 1.68. The van der Waals surface area contributed by atoms with Crippen molar-refractivity contribution in [3.63, 3.8) is 0 Å². The molecule has 1 unspecified atom stereocenters. The van der Waals surface area contributed by atoms with E-state index in [1.165, 1.54) is 0 Å². The lowest BCUT2D eigenvalue weighted by Gasteiger charge is -2.05. The predicted molar refractivity (Wildman–Crippen MR) is 47.3 cm³/mol. The SMILES string of the molecule is Cc1ccc(C(C)O)cc1N=O. The molecule has 1 atom stereocenters. The van der Waals surface area contributed by atoms with Gasteiger partial charge in [0.1, 0.15) is 5.69 Å². The molecule has 0 aliphatic rings. The van der Waals surface area contributed by atoms with Gasteiger partial charge in [-0.15, -0.1) is 4.91 Å². The summed E-state index contributed by atoms with van der Waals surface area (Å²) in [4.78, 5) is 10.3. The predicted octanol–water partition coefficient (Wildman–Crippen LogP) is 2.45. The molecule has 0 radical (unpaired) electrons. The molecule has 0 amide bonds. The maximum atomic E-state index is 10.3. The number of aliphatic hydroxyl groups excluding tert-OH is 1. The van der Waals surface area contributed by atoms with Crippen LogP contribution in [0.5, 0.6) is 0 Å². The molecule has 0 saturated carbocycles. The Morgan fingerprint density at radius 3 is 2.67 bits per heavy atom. The van der Waals surface area contributed by atoms with Gasteiger partial charge in [0, 0.05) is 0 Å². The van der Waals surface area contributed by atoms with Crippen LogP contribution in [0.1, 0.15) is 24.2 Å². The van der Waals surface area contributed by atoms with Gasteiger partial charge in [-0.25, -0.2) is 0 Å². The van der Waals surface area contributed by atoms with E-state index in [1.807, 2.05) is 6.92 Å². The van der Waals surface area contributed by atoms with Gasteiger partial charge < -0.3 is 5.11 Å². The van der Waals surface area contributed by atoms with Crippen LogP contribution in [0.15, 0.2) is 23.4 Å². The molecule has 0 fully saturated rings. The van der Waals surface area contributed by atoms with Crippen molar-refractivity contribution in [3.05, 3.63) is 34.2 Å². The molecule has 0 spiro atoms. The number of rotatable bonds is 2. The Labute approximate surface area is 71.0 Å². The van der Waals surface area contributed by atoms with Gasteiger partial charge in [-0.2, -0.15) is 0 Å². The smallest absolute Gasteiger partial charge is 0.111 e. The Balaban J connectivity index is 3.13. The molecule has 1 aromatic rings. The minimum absolute atomic E-state index is 0.397. The van der Waals surface area contributed by atoms with E-state index >= 15 is 0 Å². The minimum atomic E-state index is -0.550. The summed E-state index contributed by atoms with van der Waals surface area (Å²) < 4.78 is 0. The minimum Gasteiger partial charge on any atom is -0.389 e. The molecule has 0 bridgehead atoms. The summed E-state index contributed by atoms with van der Waals surface area (Å²) in [5.74, 6) is 0. The van der Waals surface area contributed by atoms with Crippen LogP contribution in [0.25, 0.3) is 0 Å². The molecular weight excluding hydrogens is 154 g/mol. The van der Waals surface area contributed by atoms with E-state index in [1.54, 1.807) is 25.1 Å². The highest BCUT2D eigenvalue weighted by Gasteiger charge is 2.03. The topological polar surface area (TPSA) is 49.7 Å². The van der Waals surface area contributed by atoms with Crippen molar-refractivity contribution in [3.8, 4) is 0 Å². The largest absolute Gasteiger partial charge is 0.389 e. The fourth-order valence-electron chi connectivity index (χ4n) is 0.985. The molecule has 64 valence electrons. The van der Waals surface area contributed by atoms with Crippen molar-refractivity contribution in [2.24, 2.45) is 5.18 Å². The Hall–Kier alpha value is -1.22. The van der Waals surface area contributed by atoms with Crippen LogP contribution in [0, 0.1) is 11.8 Å². The number of aliphatic hydroxyl groups is 1. The van der Waals surface area contributed by atoms with Crippen LogP contribution in [0.3, 0.4) is 0 Å². The van der Waals surface area contributed by atoms with Gasteiger partial charge in [0.05, 0.1) is 6.10 Å². The van der Waals surface area contributed by atoms with E-state index in [4.69, 9.17) is 0 Å². The average Bonchev–Trinajstić information content (AvgIpc) is 2.05. The lowest BCUT2D eigenvalue weighted by atomic mass is 10.1. The van der Waals surface area contributed by atoms with E-state index in [2.05, 4.69) is 5.18 Å². The molecule has 3 nitrogen and oxygen atoms in total. The zero-order valence-electron chi connectivity index (χ0n) is 7.11. The summed E-state index contributed by atoms with van der Waals surface area (Å²) in [6, 6.07) is 5.17. The van der Waals surface area contributed by atoms with E-state index < -0.39 is 6.10 Å². The number of hydrogen-bond acceptors (Lipinski definition) is 3. The van der Waals surface area contributed by atoms with Gasteiger partial charge in [0.25, 0.3) is 0 Å². The number of benzene rings is 1. The maximum absolute atomic E-state index is 10.3. The van der Waals surface area contributed by atoms with Crippen molar-refractivity contribution < 1.29 is 5.11 Å². The fraction of sp³-hybridized carbons (Fsp3) is 0.333. The lowest BCUT2D eigenvalue weighted by molar-refractivity contribution is 0.199. The highest BCUT2D eigenvalue weighted by molar-refractivity contribution is 5.47. The van der Waals surface area contributed by atoms with Crippen LogP contribution in [-0.4, -0.2) is 5.11 Å². The zero-order chi connectivity index (χ0) is 9.14. The second-order valence-electron chi connectivity index (χ2n) is 2.81. The summed E-state index contributed by atoms with van der Waals surface area (Å²) in [5, 5.41) is 12.0. The number of nitrogens with zero attached hydrogens (tertiary/aromatic N) is 1. The molecule has 0 aromatic heterocycles. The molecule has 1 rings (SSSR count). The molecule has 0 saturated heterocycles. The number of hydrogen-bond donors (Lipinski definition) is 1. The van der Waals surface area contributed by atoms with Gasteiger partial charge in [-0.05, 0) is 36.2 Å². The van der Waals surface area contributed by atoms with E-state index in [9.17, 15) is 10.0 Å². The molecule has 0 aliphatic carbocycles. The van der Waals surface area contributed by atoms with E-state index in [0.717, 1.165) is 11.1 Å². The van der Waals surface area contributed by atoms with Crippen molar-refractivity contribution in [2.75, 3.05) is 0 Å². The van der Waals surface area contributed by atoms with Crippen LogP contribution in [-0.2, 0) is 0 Å². The molecular formula is C9H11NO2. The van der Waals surface area contributed by atoms with Gasteiger partial charge in [-0.3, -0.25) is 0 Å². The third-order valence-corrected chi connectivity index (χ3v) is 1.81. The Morgan fingerprint density at radius 2 is 2.17 bits per heavy atom. The highest BCUT2D eigenvalue weighted by Crippen LogP contribution is 2.23. The summed E-state index contributed by atoms with van der Waals surface area (Å²) >= 11 is 0. The van der Waals surface area contributed by atoms with Crippen LogP contribution >= 0.6 is 0 Å². The summed E-state index contributed by atoms with van der Waals surface area (Å²) in [7, 11) is 0. The van der Waals surface area contributed by atoms with Crippen LogP contribution in [0.2, 0.25) is 0 Å². The van der Waals surface area contributed by atoms with Crippen LogP contribution < -0.4 is 0 Å². The first kappa shape index (κ1) is 8.87. The summed E-state index contributed by atoms with van der Waals surface area (Å²) in [6.45, 7) is 3.46. The van der Waals surface area contributed by atoms with Gasteiger partial charge in [0.15, 0.2) is 0 Å². The maximum Gasteiger partial charge on any atom is 0.111 e. The molecule has 1 N–H and O–H groups in total. The van der Waals surface area contributed by atoms with Crippen molar-refractivity contribution in [1.29, 1.82) is 0 Å². The summed E-state index contributed by atoms with van der Waals surface area (Å²) in [6.07, 6.45) is -0.550. The second-order valence-corrected chi connectivity index (χ2v) is 2.81. The Bertz CT molecular complexity index is 295. The molecule has 0 aliphatic heterocycles. The number of aryl methyl sites for hydroxylation is 1. The monoisotopic (exact) mass is 165 g/mol. The standard InChI is InChI=1S/C9H11NO2/c1-6-3-4-8(7(2)11)5-9(6)10-12/h3-5,7,11H,1-2H3. The van der Waals surface area contributed by atoms with E-state index in [-0.39, 0.29) is 0 Å². The second kappa shape index (κ2) is 3.45. The van der Waals surface area contributed by atoms with Crippen molar-refractivity contribution in [1.82, 2.24) is 0 Å². The van der Waals surface area contributed by atoms with Crippen molar-refractivity contribution >= 4 is 5.69 Å². The average molecular weight is 165 g/mol.